The number of aromatic nitrogens is 2. The number of aryl methyl sites for hydroxylation is 1. The molecule has 4 rings (SSSR count). The van der Waals surface area contributed by atoms with Crippen LogP contribution in [0.2, 0.25) is 0 Å². The highest BCUT2D eigenvalue weighted by Crippen LogP contribution is 2.25. The number of benzene rings is 2. The SMILES string of the molecule is CNS(=O)(=O)c1ccc(C(=O)NC(c2ccccc2)c2nc3ccccc3n2C)o1. The molecule has 2 aromatic heterocycles. The summed E-state index contributed by atoms with van der Waals surface area (Å²) in [5, 5.41) is 2.59. The number of fused-ring (bicyclic) bond motifs is 1. The van der Waals surface area contributed by atoms with Gasteiger partial charge >= 0.3 is 0 Å². The molecule has 2 heterocycles. The number of nitrogens with one attached hydrogen (secondary N) is 2. The van der Waals surface area contributed by atoms with Gasteiger partial charge in [0.15, 0.2) is 5.76 Å². The Balaban J connectivity index is 1.73. The molecule has 0 saturated heterocycles. The molecule has 2 aromatic carbocycles. The molecule has 0 aliphatic rings. The van der Waals surface area contributed by atoms with E-state index in [9.17, 15) is 13.2 Å². The number of para-hydroxylation sites is 2. The van der Waals surface area contributed by atoms with Crippen molar-refractivity contribution in [3.63, 3.8) is 0 Å². The van der Waals surface area contributed by atoms with Crippen molar-refractivity contribution in [2.45, 2.75) is 11.1 Å². The van der Waals surface area contributed by atoms with E-state index in [1.807, 2.05) is 66.2 Å². The summed E-state index contributed by atoms with van der Waals surface area (Å²) in [6.45, 7) is 0. The highest BCUT2D eigenvalue weighted by Gasteiger charge is 2.26. The smallest absolute Gasteiger partial charge is 0.287 e. The summed E-state index contributed by atoms with van der Waals surface area (Å²) in [7, 11) is -0.622. The molecule has 4 aromatic rings. The van der Waals surface area contributed by atoms with Gasteiger partial charge in [-0.3, -0.25) is 4.79 Å². The van der Waals surface area contributed by atoms with Crippen LogP contribution in [0.3, 0.4) is 0 Å². The van der Waals surface area contributed by atoms with Crippen molar-refractivity contribution >= 4 is 27.0 Å². The highest BCUT2D eigenvalue weighted by atomic mass is 32.2. The number of nitrogens with zero attached hydrogens (tertiary/aromatic N) is 2. The predicted molar refractivity (Wildman–Crippen MR) is 111 cm³/mol. The van der Waals surface area contributed by atoms with Gasteiger partial charge in [-0.2, -0.15) is 0 Å². The van der Waals surface area contributed by atoms with Crippen LogP contribution in [-0.2, 0) is 17.1 Å². The van der Waals surface area contributed by atoms with Gasteiger partial charge in [0, 0.05) is 7.05 Å². The lowest BCUT2D eigenvalue weighted by Gasteiger charge is -2.18. The molecule has 1 amide bonds. The van der Waals surface area contributed by atoms with E-state index < -0.39 is 22.0 Å². The number of carbonyl (C=O) groups excluding carboxylic acids is 1. The molecule has 0 bridgehead atoms. The summed E-state index contributed by atoms with van der Waals surface area (Å²) >= 11 is 0. The Morgan fingerprint density at radius 3 is 2.43 bits per heavy atom. The lowest BCUT2D eigenvalue weighted by Crippen LogP contribution is -2.31. The Bertz CT molecular complexity index is 1310. The van der Waals surface area contributed by atoms with Crippen LogP contribution in [0.5, 0.6) is 0 Å². The average molecular weight is 424 g/mol. The molecule has 0 aliphatic carbocycles. The maximum atomic E-state index is 12.9. The first-order chi connectivity index (χ1) is 14.4. The molecule has 8 nitrogen and oxygen atoms in total. The maximum Gasteiger partial charge on any atom is 0.287 e. The van der Waals surface area contributed by atoms with Crippen molar-refractivity contribution in [2.24, 2.45) is 7.05 Å². The third-order valence-corrected chi connectivity index (χ3v) is 6.11. The van der Waals surface area contributed by atoms with E-state index in [2.05, 4.69) is 10.0 Å². The molecular formula is C21H20N4O4S. The summed E-state index contributed by atoms with van der Waals surface area (Å²) in [6.07, 6.45) is 0. The molecule has 2 N–H and O–H groups in total. The molecule has 0 spiro atoms. The van der Waals surface area contributed by atoms with Gasteiger partial charge in [0.05, 0.1) is 11.0 Å². The molecule has 1 atom stereocenters. The van der Waals surface area contributed by atoms with E-state index in [-0.39, 0.29) is 10.9 Å². The Hall–Kier alpha value is -3.43. The zero-order valence-corrected chi connectivity index (χ0v) is 17.2. The van der Waals surface area contributed by atoms with Crippen molar-refractivity contribution in [2.75, 3.05) is 7.05 Å². The van der Waals surface area contributed by atoms with E-state index in [0.29, 0.717) is 5.82 Å². The molecule has 1 unspecified atom stereocenters. The van der Waals surface area contributed by atoms with Crippen molar-refractivity contribution in [3.05, 3.63) is 83.9 Å². The third-order valence-electron chi connectivity index (χ3n) is 4.83. The van der Waals surface area contributed by atoms with Gasteiger partial charge in [-0.25, -0.2) is 18.1 Å². The minimum atomic E-state index is -3.78. The van der Waals surface area contributed by atoms with Crippen molar-refractivity contribution in [1.82, 2.24) is 19.6 Å². The monoisotopic (exact) mass is 424 g/mol. The van der Waals surface area contributed by atoms with Crippen LogP contribution < -0.4 is 10.0 Å². The number of amides is 1. The van der Waals surface area contributed by atoms with E-state index >= 15 is 0 Å². The number of hydrogen-bond donors (Lipinski definition) is 2. The van der Waals surface area contributed by atoms with E-state index in [1.165, 1.54) is 19.2 Å². The summed E-state index contributed by atoms with van der Waals surface area (Å²) in [5.74, 6) is -0.0117. The fourth-order valence-electron chi connectivity index (χ4n) is 3.25. The Kier molecular flexibility index (Phi) is 5.15. The molecule has 0 aliphatic heterocycles. The molecule has 154 valence electrons. The summed E-state index contributed by atoms with van der Waals surface area (Å²) in [6, 6.07) is 19.1. The van der Waals surface area contributed by atoms with E-state index in [1.54, 1.807) is 0 Å². The Labute approximate surface area is 173 Å². The van der Waals surface area contributed by atoms with E-state index in [0.717, 1.165) is 16.6 Å². The first-order valence-electron chi connectivity index (χ1n) is 9.21. The van der Waals surface area contributed by atoms with Gasteiger partial charge in [-0.05, 0) is 36.9 Å². The molecular weight excluding hydrogens is 404 g/mol. The minimum Gasteiger partial charge on any atom is -0.438 e. The topological polar surface area (TPSA) is 106 Å². The van der Waals surface area contributed by atoms with Gasteiger partial charge in [0.2, 0.25) is 5.09 Å². The lowest BCUT2D eigenvalue weighted by molar-refractivity contribution is 0.0908. The van der Waals surface area contributed by atoms with E-state index in [4.69, 9.17) is 9.40 Å². The number of hydrogen-bond acceptors (Lipinski definition) is 5. The van der Waals surface area contributed by atoms with Crippen LogP contribution in [0.4, 0.5) is 0 Å². The largest absolute Gasteiger partial charge is 0.438 e. The predicted octanol–water partition coefficient (Wildman–Crippen LogP) is 2.59. The first kappa shape index (κ1) is 19.9. The van der Waals surface area contributed by atoms with Crippen LogP contribution in [0.25, 0.3) is 11.0 Å². The third kappa shape index (κ3) is 3.60. The Morgan fingerprint density at radius 2 is 1.73 bits per heavy atom. The maximum absolute atomic E-state index is 12.9. The van der Waals surface area contributed by atoms with Crippen LogP contribution >= 0.6 is 0 Å². The first-order valence-corrected chi connectivity index (χ1v) is 10.7. The van der Waals surface area contributed by atoms with Crippen molar-refractivity contribution in [1.29, 1.82) is 0 Å². The van der Waals surface area contributed by atoms with Crippen LogP contribution in [-0.4, -0.2) is 30.9 Å². The number of carbonyl (C=O) groups is 1. The Morgan fingerprint density at radius 1 is 1.03 bits per heavy atom. The lowest BCUT2D eigenvalue weighted by atomic mass is 10.1. The quantitative estimate of drug-likeness (QED) is 0.495. The van der Waals surface area contributed by atoms with Gasteiger partial charge in [0.1, 0.15) is 11.9 Å². The van der Waals surface area contributed by atoms with Crippen molar-refractivity contribution < 1.29 is 17.6 Å². The zero-order chi connectivity index (χ0) is 21.3. The molecule has 0 saturated carbocycles. The van der Waals surface area contributed by atoms with Crippen molar-refractivity contribution in [3.8, 4) is 0 Å². The summed E-state index contributed by atoms with van der Waals surface area (Å²) in [5.41, 5.74) is 2.58. The standard InChI is InChI=1S/C21H20N4O4S/c1-22-30(27,28)18-13-12-17(29-18)21(26)24-19(14-8-4-3-5-9-14)20-23-15-10-6-7-11-16(15)25(20)2/h3-13,19,22H,1-2H3,(H,24,26). The fourth-order valence-corrected chi connectivity index (χ4v) is 3.90. The van der Waals surface area contributed by atoms with Gasteiger partial charge in [-0.1, -0.05) is 42.5 Å². The second-order valence-electron chi connectivity index (χ2n) is 6.66. The number of rotatable bonds is 6. The zero-order valence-electron chi connectivity index (χ0n) is 16.4. The second kappa shape index (κ2) is 7.77. The van der Waals surface area contributed by atoms with Gasteiger partial charge < -0.3 is 14.3 Å². The average Bonchev–Trinajstić information content (AvgIpc) is 3.39. The minimum absolute atomic E-state index is 0.108. The number of imidazole rings is 1. The molecule has 30 heavy (non-hydrogen) atoms. The number of furan rings is 1. The summed E-state index contributed by atoms with van der Waals surface area (Å²) in [4.78, 5) is 17.6. The fraction of sp³-hybridized carbons (Fsp3) is 0.143. The number of sulfonamides is 1. The van der Waals surface area contributed by atoms with Crippen LogP contribution in [0.1, 0.15) is 28.0 Å². The van der Waals surface area contributed by atoms with Crippen LogP contribution in [0, 0.1) is 0 Å². The normalized spacial score (nSPS) is 12.7. The van der Waals surface area contributed by atoms with Gasteiger partial charge in [0.25, 0.3) is 15.9 Å². The van der Waals surface area contributed by atoms with Crippen LogP contribution in [0.15, 0.2) is 76.2 Å². The molecule has 0 fully saturated rings. The molecule has 0 radical (unpaired) electrons. The van der Waals surface area contributed by atoms with Gasteiger partial charge in [-0.15, -0.1) is 0 Å². The summed E-state index contributed by atoms with van der Waals surface area (Å²) < 4.78 is 33.1. The highest BCUT2D eigenvalue weighted by molar-refractivity contribution is 7.89. The second-order valence-corrected chi connectivity index (χ2v) is 8.48. The molecule has 9 heteroatoms.